The first-order chi connectivity index (χ1) is 6.62. The molecule has 14 heavy (non-hydrogen) atoms. The van der Waals surface area contributed by atoms with Crippen LogP contribution < -0.4 is 5.73 Å². The summed E-state index contributed by atoms with van der Waals surface area (Å²) >= 11 is 0. The predicted molar refractivity (Wildman–Crippen MR) is 55.7 cm³/mol. The molecular weight excluding hydrogens is 178 g/mol. The molecule has 0 saturated heterocycles. The molecule has 1 aliphatic carbocycles. The summed E-state index contributed by atoms with van der Waals surface area (Å²) in [6.45, 7) is 3.67. The molecule has 78 valence electrons. The molecule has 2 N–H and O–H groups in total. The van der Waals surface area contributed by atoms with Gasteiger partial charge in [-0.3, -0.25) is 4.79 Å². The molecule has 0 fully saturated rings. The zero-order valence-corrected chi connectivity index (χ0v) is 8.58. The molecule has 1 aliphatic rings. The van der Waals surface area contributed by atoms with Crippen molar-refractivity contribution in [3.63, 3.8) is 0 Å². The lowest BCUT2D eigenvalue weighted by Crippen LogP contribution is -2.50. The Hall–Kier alpha value is -1.09. The van der Waals surface area contributed by atoms with Crippen molar-refractivity contribution in [3.05, 3.63) is 24.3 Å². The number of ether oxygens (including phenoxy) is 1. The first-order valence-electron chi connectivity index (χ1n) is 4.78. The van der Waals surface area contributed by atoms with Gasteiger partial charge in [-0.25, -0.2) is 0 Å². The lowest BCUT2D eigenvalue weighted by molar-refractivity contribution is -0.147. The fourth-order valence-electron chi connectivity index (χ4n) is 1.82. The number of carbonyl (C=O) groups excluding carboxylic acids is 1. The average Bonchev–Trinajstić information content (AvgIpc) is 2.17. The van der Waals surface area contributed by atoms with E-state index in [1.165, 1.54) is 12.7 Å². The van der Waals surface area contributed by atoms with Crippen LogP contribution in [0.25, 0.3) is 0 Å². The van der Waals surface area contributed by atoms with Crippen LogP contribution in [0.2, 0.25) is 0 Å². The Labute approximate surface area is 84.6 Å². The molecule has 0 aliphatic heterocycles. The lowest BCUT2D eigenvalue weighted by atomic mass is 9.81. The minimum atomic E-state index is -0.818. The summed E-state index contributed by atoms with van der Waals surface area (Å²) in [6.07, 6.45) is 6.86. The van der Waals surface area contributed by atoms with Crippen LogP contribution in [0.5, 0.6) is 0 Å². The Balaban J connectivity index is 2.71. The summed E-state index contributed by atoms with van der Waals surface area (Å²) in [5, 5.41) is 0. The predicted octanol–water partition coefficient (Wildman–Crippen LogP) is 1.54. The van der Waals surface area contributed by atoms with Gasteiger partial charge in [0.1, 0.15) is 5.54 Å². The number of esters is 1. The van der Waals surface area contributed by atoms with Crippen LogP contribution in [0.3, 0.4) is 0 Å². The Morgan fingerprint density at radius 2 is 2.57 bits per heavy atom. The number of rotatable bonds is 3. The van der Waals surface area contributed by atoms with Crippen molar-refractivity contribution in [1.29, 1.82) is 0 Å². The zero-order valence-electron chi connectivity index (χ0n) is 8.58. The van der Waals surface area contributed by atoms with E-state index in [1.807, 2.05) is 6.08 Å². The van der Waals surface area contributed by atoms with Gasteiger partial charge in [0.15, 0.2) is 0 Å². The second-order valence-corrected chi connectivity index (χ2v) is 3.72. The Morgan fingerprint density at radius 1 is 1.86 bits per heavy atom. The van der Waals surface area contributed by atoms with Gasteiger partial charge in [0.05, 0.1) is 7.11 Å². The molecule has 0 aromatic heterocycles. The normalized spacial score (nSPS) is 26.6. The minimum Gasteiger partial charge on any atom is -0.468 e. The zero-order chi connectivity index (χ0) is 10.6. The summed E-state index contributed by atoms with van der Waals surface area (Å²) < 4.78 is 4.70. The monoisotopic (exact) mass is 195 g/mol. The topological polar surface area (TPSA) is 52.3 Å². The van der Waals surface area contributed by atoms with Crippen LogP contribution in [0.4, 0.5) is 0 Å². The number of nitrogens with two attached hydrogens (primary N) is 1. The van der Waals surface area contributed by atoms with Crippen LogP contribution in [0, 0.1) is 0 Å². The molecule has 0 saturated carbocycles. The van der Waals surface area contributed by atoms with Gasteiger partial charge >= 0.3 is 5.97 Å². The van der Waals surface area contributed by atoms with Gasteiger partial charge in [-0.15, -0.1) is 6.58 Å². The third kappa shape index (κ3) is 2.23. The molecule has 3 nitrogen and oxygen atoms in total. The highest BCUT2D eigenvalue weighted by molar-refractivity contribution is 5.81. The van der Waals surface area contributed by atoms with E-state index in [4.69, 9.17) is 10.5 Å². The highest BCUT2D eigenvalue weighted by Crippen LogP contribution is 2.28. The van der Waals surface area contributed by atoms with E-state index in [2.05, 4.69) is 12.7 Å². The third-order valence-corrected chi connectivity index (χ3v) is 2.56. The van der Waals surface area contributed by atoms with Crippen LogP contribution >= 0.6 is 0 Å². The molecule has 0 spiro atoms. The van der Waals surface area contributed by atoms with Gasteiger partial charge in [-0.2, -0.15) is 0 Å². The van der Waals surface area contributed by atoms with Gasteiger partial charge in [0.25, 0.3) is 0 Å². The van der Waals surface area contributed by atoms with Gasteiger partial charge in [0.2, 0.25) is 0 Å². The molecule has 0 radical (unpaired) electrons. The first-order valence-corrected chi connectivity index (χ1v) is 4.78. The standard InChI is InChI=1S/C11H17NO2/c1-3-5-9-6-4-7-11(12,8-9)10(13)14-2/h3,6H,1,4-5,7-8,12H2,2H3/t11-/m0/s1. The Morgan fingerprint density at radius 3 is 3.14 bits per heavy atom. The third-order valence-electron chi connectivity index (χ3n) is 2.56. The molecule has 0 aromatic carbocycles. The summed E-state index contributed by atoms with van der Waals surface area (Å²) in [5.74, 6) is -0.313. The lowest BCUT2D eigenvalue weighted by Gasteiger charge is -2.30. The Bertz CT molecular complexity index is 270. The number of hydrogen-bond donors (Lipinski definition) is 1. The highest BCUT2D eigenvalue weighted by atomic mass is 16.5. The second kappa shape index (κ2) is 4.42. The van der Waals surface area contributed by atoms with Gasteiger partial charge < -0.3 is 10.5 Å². The van der Waals surface area contributed by atoms with E-state index < -0.39 is 5.54 Å². The summed E-state index contributed by atoms with van der Waals surface area (Å²) in [6, 6.07) is 0. The van der Waals surface area contributed by atoms with Crippen molar-refractivity contribution in [2.24, 2.45) is 5.73 Å². The van der Waals surface area contributed by atoms with E-state index in [0.29, 0.717) is 12.8 Å². The quantitative estimate of drug-likeness (QED) is 0.549. The molecule has 1 rings (SSSR count). The molecule has 0 amide bonds. The van der Waals surface area contributed by atoms with Crippen molar-refractivity contribution in [1.82, 2.24) is 0 Å². The SMILES string of the molecule is C=CCC1=CCC[C@@](N)(C(=O)OC)C1. The summed E-state index contributed by atoms with van der Waals surface area (Å²) in [7, 11) is 1.38. The summed E-state index contributed by atoms with van der Waals surface area (Å²) in [5.41, 5.74) is 6.35. The molecule has 0 bridgehead atoms. The highest BCUT2D eigenvalue weighted by Gasteiger charge is 2.36. The first kappa shape index (κ1) is 11.0. The van der Waals surface area contributed by atoms with Gasteiger partial charge in [-0.1, -0.05) is 17.7 Å². The van der Waals surface area contributed by atoms with Gasteiger partial charge in [0, 0.05) is 0 Å². The number of allylic oxidation sites excluding steroid dienone is 2. The van der Waals surface area contributed by atoms with Crippen molar-refractivity contribution >= 4 is 5.97 Å². The minimum absolute atomic E-state index is 0.313. The fraction of sp³-hybridized carbons (Fsp3) is 0.545. The van der Waals surface area contributed by atoms with Crippen LogP contribution in [-0.4, -0.2) is 18.6 Å². The largest absolute Gasteiger partial charge is 0.468 e. The van der Waals surface area contributed by atoms with Gasteiger partial charge in [-0.05, 0) is 25.7 Å². The maximum Gasteiger partial charge on any atom is 0.326 e. The van der Waals surface area contributed by atoms with E-state index in [-0.39, 0.29) is 5.97 Å². The molecule has 1 atom stereocenters. The second-order valence-electron chi connectivity index (χ2n) is 3.72. The van der Waals surface area contributed by atoms with E-state index in [1.54, 1.807) is 0 Å². The number of hydrogen-bond acceptors (Lipinski definition) is 3. The van der Waals surface area contributed by atoms with Crippen LogP contribution in [0.1, 0.15) is 25.7 Å². The molecular formula is C11H17NO2. The average molecular weight is 195 g/mol. The maximum absolute atomic E-state index is 11.4. The molecule has 0 aromatic rings. The summed E-state index contributed by atoms with van der Waals surface area (Å²) in [4.78, 5) is 11.4. The van der Waals surface area contributed by atoms with E-state index >= 15 is 0 Å². The molecule has 0 heterocycles. The van der Waals surface area contributed by atoms with Crippen molar-refractivity contribution < 1.29 is 9.53 Å². The van der Waals surface area contributed by atoms with Crippen LogP contribution in [-0.2, 0) is 9.53 Å². The smallest absolute Gasteiger partial charge is 0.326 e. The van der Waals surface area contributed by atoms with Crippen molar-refractivity contribution in [2.45, 2.75) is 31.2 Å². The Kier molecular flexibility index (Phi) is 3.47. The van der Waals surface area contributed by atoms with E-state index in [9.17, 15) is 4.79 Å². The van der Waals surface area contributed by atoms with Crippen LogP contribution in [0.15, 0.2) is 24.3 Å². The van der Waals surface area contributed by atoms with Crippen molar-refractivity contribution in [2.75, 3.05) is 7.11 Å². The maximum atomic E-state index is 11.4. The fourth-order valence-corrected chi connectivity index (χ4v) is 1.82. The number of methoxy groups -OCH3 is 1. The molecule has 0 unspecified atom stereocenters. The van der Waals surface area contributed by atoms with Crippen molar-refractivity contribution in [3.8, 4) is 0 Å². The molecule has 3 heteroatoms. The number of carbonyl (C=O) groups is 1. The van der Waals surface area contributed by atoms with E-state index in [0.717, 1.165) is 12.8 Å².